The van der Waals surface area contributed by atoms with Gasteiger partial charge in [0.25, 0.3) is 5.56 Å². The number of fused-ring (bicyclic) bond motifs is 1. The molecule has 5 rings (SSSR count). The van der Waals surface area contributed by atoms with Crippen molar-refractivity contribution in [1.29, 1.82) is 0 Å². The van der Waals surface area contributed by atoms with Crippen LogP contribution in [0.1, 0.15) is 23.3 Å². The van der Waals surface area contributed by atoms with Crippen molar-refractivity contribution >= 4 is 28.6 Å². The van der Waals surface area contributed by atoms with Crippen LogP contribution in [0.4, 0.5) is 10.3 Å². The number of aryl methyl sites for hydroxylation is 2. The fraction of sp³-hybridized carbons (Fsp3) is 0.304. The summed E-state index contributed by atoms with van der Waals surface area (Å²) >= 11 is 5.96. The highest BCUT2D eigenvalue weighted by molar-refractivity contribution is 6.30. The predicted molar refractivity (Wildman–Crippen MR) is 125 cm³/mol. The van der Waals surface area contributed by atoms with Crippen LogP contribution in [-0.2, 0) is 11.8 Å². The SMILES string of the molecule is Cc1ncc([C@H]2CN(c3nc(-c4ccc(Cl)cc4F)c4nc(C)n(C)c(=O)c4n3)CCO2)cn1. The average molecular weight is 482 g/mol. The molecule has 3 aromatic heterocycles. The number of rotatable bonds is 3. The van der Waals surface area contributed by atoms with Crippen molar-refractivity contribution in [2.75, 3.05) is 24.6 Å². The molecule has 4 heterocycles. The molecule has 0 saturated carbocycles. The smallest absolute Gasteiger partial charge is 0.279 e. The van der Waals surface area contributed by atoms with Gasteiger partial charge < -0.3 is 9.64 Å². The van der Waals surface area contributed by atoms with E-state index < -0.39 is 5.82 Å². The third-order valence-corrected chi connectivity index (χ3v) is 6.08. The van der Waals surface area contributed by atoms with Crippen LogP contribution in [0, 0.1) is 19.7 Å². The van der Waals surface area contributed by atoms with Crippen molar-refractivity contribution in [1.82, 2.24) is 29.5 Å². The molecular weight excluding hydrogens is 461 g/mol. The molecule has 0 N–H and O–H groups in total. The van der Waals surface area contributed by atoms with E-state index in [0.29, 0.717) is 37.3 Å². The molecule has 1 aromatic carbocycles. The highest BCUT2D eigenvalue weighted by Gasteiger charge is 2.27. The fourth-order valence-electron chi connectivity index (χ4n) is 3.85. The largest absolute Gasteiger partial charge is 0.370 e. The van der Waals surface area contributed by atoms with Gasteiger partial charge in [-0.2, -0.15) is 0 Å². The minimum atomic E-state index is -0.560. The maximum Gasteiger partial charge on any atom is 0.279 e. The van der Waals surface area contributed by atoms with Gasteiger partial charge in [-0.1, -0.05) is 11.6 Å². The summed E-state index contributed by atoms with van der Waals surface area (Å²) in [5.41, 5.74) is 1.27. The van der Waals surface area contributed by atoms with Crippen molar-refractivity contribution in [3.63, 3.8) is 0 Å². The molecule has 1 saturated heterocycles. The summed E-state index contributed by atoms with van der Waals surface area (Å²) in [7, 11) is 1.62. The molecule has 1 fully saturated rings. The number of ether oxygens (including phenoxy) is 1. The van der Waals surface area contributed by atoms with E-state index in [0.717, 1.165) is 5.56 Å². The van der Waals surface area contributed by atoms with Crippen LogP contribution in [0.5, 0.6) is 0 Å². The lowest BCUT2D eigenvalue weighted by molar-refractivity contribution is 0.0388. The van der Waals surface area contributed by atoms with Crippen LogP contribution >= 0.6 is 11.6 Å². The Kier molecular flexibility index (Phi) is 5.70. The van der Waals surface area contributed by atoms with Crippen molar-refractivity contribution < 1.29 is 9.13 Å². The number of benzene rings is 1. The normalized spacial score (nSPS) is 16.3. The fourth-order valence-corrected chi connectivity index (χ4v) is 4.01. The molecule has 0 bridgehead atoms. The molecule has 1 atom stereocenters. The van der Waals surface area contributed by atoms with Crippen LogP contribution in [0.25, 0.3) is 22.3 Å². The van der Waals surface area contributed by atoms with Crippen LogP contribution in [0.3, 0.4) is 0 Å². The van der Waals surface area contributed by atoms with E-state index in [1.54, 1.807) is 32.4 Å². The number of halogens is 2. The Morgan fingerprint density at radius 3 is 2.62 bits per heavy atom. The second kappa shape index (κ2) is 8.69. The standard InChI is InChI=1S/C23H21ClFN7O2/c1-12-26-9-14(10-27-12)18-11-32(6-7-34-18)23-29-19(16-5-4-15(24)8-17(16)25)20-21(30-23)22(33)31(3)13(2)28-20/h4-5,8-10,18H,6-7,11H2,1-3H3/t18-/m1/s1. The first-order valence-corrected chi connectivity index (χ1v) is 11.1. The van der Waals surface area contributed by atoms with Gasteiger partial charge in [0.1, 0.15) is 34.8 Å². The maximum absolute atomic E-state index is 14.9. The summed E-state index contributed by atoms with van der Waals surface area (Å²) in [5.74, 6) is 0.869. The van der Waals surface area contributed by atoms with Gasteiger partial charge >= 0.3 is 0 Å². The zero-order valence-electron chi connectivity index (χ0n) is 18.8. The summed E-state index contributed by atoms with van der Waals surface area (Å²) < 4.78 is 22.3. The summed E-state index contributed by atoms with van der Waals surface area (Å²) in [4.78, 5) is 37.2. The quantitative estimate of drug-likeness (QED) is 0.440. The van der Waals surface area contributed by atoms with Gasteiger partial charge in [-0.3, -0.25) is 9.36 Å². The topological polar surface area (TPSA) is 98.9 Å². The molecule has 4 aromatic rings. The zero-order chi connectivity index (χ0) is 24.0. The van der Waals surface area contributed by atoms with Crippen molar-refractivity contribution in [2.45, 2.75) is 20.0 Å². The van der Waals surface area contributed by atoms with E-state index in [-0.39, 0.29) is 39.0 Å². The van der Waals surface area contributed by atoms with Crippen molar-refractivity contribution in [3.05, 3.63) is 69.0 Å². The van der Waals surface area contributed by atoms with Gasteiger partial charge in [-0.05, 0) is 32.0 Å². The van der Waals surface area contributed by atoms with E-state index >= 15 is 0 Å². The van der Waals surface area contributed by atoms with Gasteiger partial charge in [0, 0.05) is 42.1 Å². The number of nitrogens with zero attached hydrogens (tertiary/aromatic N) is 7. The Labute approximate surface area is 199 Å². The van der Waals surface area contributed by atoms with Crippen molar-refractivity contribution in [2.24, 2.45) is 7.05 Å². The zero-order valence-corrected chi connectivity index (χ0v) is 19.5. The van der Waals surface area contributed by atoms with Gasteiger partial charge in [0.05, 0.1) is 13.2 Å². The molecule has 1 aliphatic heterocycles. The average Bonchev–Trinajstić information content (AvgIpc) is 2.83. The van der Waals surface area contributed by atoms with Crippen LogP contribution < -0.4 is 10.5 Å². The predicted octanol–water partition coefficient (Wildman–Crippen LogP) is 3.17. The first-order valence-electron chi connectivity index (χ1n) is 10.7. The van der Waals surface area contributed by atoms with E-state index in [2.05, 4.69) is 24.9 Å². The third-order valence-electron chi connectivity index (χ3n) is 5.85. The summed E-state index contributed by atoms with van der Waals surface area (Å²) in [5, 5.41) is 0.260. The molecule has 1 aliphatic rings. The van der Waals surface area contributed by atoms with Gasteiger partial charge in [0.2, 0.25) is 5.95 Å². The summed E-state index contributed by atoms with van der Waals surface area (Å²) in [6, 6.07) is 4.31. The minimum Gasteiger partial charge on any atom is -0.370 e. The first-order chi connectivity index (χ1) is 16.3. The first kappa shape index (κ1) is 22.3. The molecule has 0 unspecified atom stereocenters. The molecule has 9 nitrogen and oxygen atoms in total. The molecule has 0 spiro atoms. The second-order valence-electron chi connectivity index (χ2n) is 8.09. The highest BCUT2D eigenvalue weighted by atomic mass is 35.5. The number of hydrogen-bond acceptors (Lipinski definition) is 8. The number of anilines is 1. The molecule has 0 aliphatic carbocycles. The lowest BCUT2D eigenvalue weighted by Crippen LogP contribution is -2.39. The van der Waals surface area contributed by atoms with Gasteiger partial charge in [0.15, 0.2) is 5.52 Å². The van der Waals surface area contributed by atoms with Crippen LogP contribution in [0.2, 0.25) is 5.02 Å². The molecule has 0 amide bonds. The number of hydrogen-bond donors (Lipinski definition) is 0. The van der Waals surface area contributed by atoms with E-state index in [4.69, 9.17) is 16.3 Å². The lowest BCUT2D eigenvalue weighted by Gasteiger charge is -2.33. The van der Waals surface area contributed by atoms with Crippen molar-refractivity contribution in [3.8, 4) is 11.3 Å². The van der Waals surface area contributed by atoms with Crippen LogP contribution in [0.15, 0.2) is 35.4 Å². The molecule has 0 radical (unpaired) electrons. The summed E-state index contributed by atoms with van der Waals surface area (Å²) in [6.45, 7) is 4.84. The van der Waals surface area contributed by atoms with E-state index in [9.17, 15) is 9.18 Å². The third kappa shape index (κ3) is 3.99. The second-order valence-corrected chi connectivity index (χ2v) is 8.52. The van der Waals surface area contributed by atoms with Gasteiger partial charge in [-0.15, -0.1) is 0 Å². The Hall–Kier alpha value is -3.50. The number of aromatic nitrogens is 6. The lowest BCUT2D eigenvalue weighted by atomic mass is 10.1. The number of morpholine rings is 1. The minimum absolute atomic E-state index is 0.115. The summed E-state index contributed by atoms with van der Waals surface area (Å²) in [6.07, 6.45) is 3.16. The highest BCUT2D eigenvalue weighted by Crippen LogP contribution is 2.31. The Morgan fingerprint density at radius 2 is 1.88 bits per heavy atom. The van der Waals surface area contributed by atoms with Crippen LogP contribution in [-0.4, -0.2) is 49.2 Å². The van der Waals surface area contributed by atoms with Gasteiger partial charge in [-0.25, -0.2) is 29.3 Å². The molecule has 11 heteroatoms. The van der Waals surface area contributed by atoms with E-state index in [1.807, 2.05) is 11.8 Å². The maximum atomic E-state index is 14.9. The Morgan fingerprint density at radius 1 is 1.12 bits per heavy atom. The van der Waals surface area contributed by atoms with E-state index in [1.165, 1.54) is 16.7 Å². The Bertz CT molecular complexity index is 1460. The molecular formula is C23H21ClFN7O2. The molecule has 34 heavy (non-hydrogen) atoms. The monoisotopic (exact) mass is 481 g/mol. The Balaban J connectivity index is 1.65. The molecule has 174 valence electrons.